The van der Waals surface area contributed by atoms with E-state index in [4.69, 9.17) is 16.0 Å². The van der Waals surface area contributed by atoms with Gasteiger partial charge in [-0.15, -0.1) is 0 Å². The van der Waals surface area contributed by atoms with Gasteiger partial charge >= 0.3 is 5.63 Å². The van der Waals surface area contributed by atoms with Crippen molar-refractivity contribution in [3.8, 4) is 0 Å². The molecule has 2 aromatic carbocycles. The first-order valence-electron chi connectivity index (χ1n) is 11.5. The number of aromatic nitrogens is 1. The van der Waals surface area contributed by atoms with Crippen LogP contribution in [0.1, 0.15) is 50.5 Å². The highest BCUT2D eigenvalue weighted by Gasteiger charge is 2.25. The fourth-order valence-electron chi connectivity index (χ4n) is 5.29. The van der Waals surface area contributed by atoms with Crippen LogP contribution in [0, 0.1) is 11.7 Å². The standard InChI is InChI=1S/C27H26ClFN2O2/c1-16(31-25-15-27(32)33-26-13-19(28)6-8-22(25)26)12-17-2-4-18(5-3-17)21-10-11-30-24-9-7-20(29)14-23(21)24/h6-11,13-18,31H,2-5,12H2,1H3/t16?,17-,18-. The minimum Gasteiger partial charge on any atom is -0.423 e. The van der Waals surface area contributed by atoms with Crippen molar-refractivity contribution in [3.05, 3.63) is 81.6 Å². The van der Waals surface area contributed by atoms with E-state index in [2.05, 4.69) is 23.3 Å². The van der Waals surface area contributed by atoms with E-state index in [1.807, 2.05) is 12.3 Å². The normalized spacial score (nSPS) is 19.6. The van der Waals surface area contributed by atoms with E-state index in [0.29, 0.717) is 22.4 Å². The zero-order chi connectivity index (χ0) is 22.9. The van der Waals surface area contributed by atoms with Crippen molar-refractivity contribution in [1.82, 2.24) is 4.98 Å². The SMILES string of the molecule is CC(C[C@H]1CC[C@H](c2ccnc3ccc(F)cc32)CC1)Nc1cc(=O)oc2cc(Cl)ccc12. The van der Waals surface area contributed by atoms with Gasteiger partial charge in [-0.1, -0.05) is 11.6 Å². The summed E-state index contributed by atoms with van der Waals surface area (Å²) < 4.78 is 19.1. The molecule has 170 valence electrons. The number of benzene rings is 2. The van der Waals surface area contributed by atoms with Gasteiger partial charge in [-0.3, -0.25) is 4.98 Å². The van der Waals surface area contributed by atoms with Gasteiger partial charge in [0.15, 0.2) is 0 Å². The molecule has 1 unspecified atom stereocenters. The molecule has 2 aromatic heterocycles. The molecule has 0 spiro atoms. The summed E-state index contributed by atoms with van der Waals surface area (Å²) in [5.41, 5.74) is 2.96. The van der Waals surface area contributed by atoms with E-state index < -0.39 is 0 Å². The predicted octanol–water partition coefficient (Wildman–Crippen LogP) is 7.30. The molecule has 4 nitrogen and oxygen atoms in total. The molecule has 5 rings (SSSR count). The van der Waals surface area contributed by atoms with Crippen molar-refractivity contribution in [2.75, 3.05) is 5.32 Å². The molecule has 0 aliphatic heterocycles. The first kappa shape index (κ1) is 21.9. The third-order valence-electron chi connectivity index (χ3n) is 6.82. The average Bonchev–Trinajstić information content (AvgIpc) is 2.78. The third-order valence-corrected chi connectivity index (χ3v) is 7.05. The quantitative estimate of drug-likeness (QED) is 0.315. The van der Waals surface area contributed by atoms with E-state index in [1.54, 1.807) is 24.3 Å². The lowest BCUT2D eigenvalue weighted by atomic mass is 9.76. The molecule has 1 aliphatic carbocycles. The second-order valence-corrected chi connectivity index (χ2v) is 9.62. The minimum absolute atomic E-state index is 0.211. The third kappa shape index (κ3) is 4.74. The first-order chi connectivity index (χ1) is 16.0. The van der Waals surface area contributed by atoms with Crippen LogP contribution in [-0.2, 0) is 0 Å². The summed E-state index contributed by atoms with van der Waals surface area (Å²) in [5.74, 6) is 0.828. The molecule has 0 saturated heterocycles. The summed E-state index contributed by atoms with van der Waals surface area (Å²) >= 11 is 6.05. The van der Waals surface area contributed by atoms with E-state index >= 15 is 0 Å². The maximum atomic E-state index is 13.8. The molecule has 1 fully saturated rings. The maximum absolute atomic E-state index is 13.8. The Bertz CT molecular complexity index is 1360. The highest BCUT2D eigenvalue weighted by Crippen LogP contribution is 2.40. The van der Waals surface area contributed by atoms with Crippen LogP contribution in [-0.4, -0.2) is 11.0 Å². The lowest BCUT2D eigenvalue weighted by molar-refractivity contribution is 0.302. The lowest BCUT2D eigenvalue weighted by Crippen LogP contribution is -2.23. The van der Waals surface area contributed by atoms with Crippen LogP contribution in [0.25, 0.3) is 21.9 Å². The molecule has 0 amide bonds. The van der Waals surface area contributed by atoms with Gasteiger partial charge in [0.2, 0.25) is 0 Å². The summed E-state index contributed by atoms with van der Waals surface area (Å²) in [7, 11) is 0. The number of fused-ring (bicyclic) bond motifs is 2. The van der Waals surface area contributed by atoms with Gasteiger partial charge in [0.05, 0.1) is 11.2 Å². The zero-order valence-electron chi connectivity index (χ0n) is 18.5. The summed E-state index contributed by atoms with van der Waals surface area (Å²) in [5, 5.41) is 5.84. The molecule has 1 atom stereocenters. The van der Waals surface area contributed by atoms with Gasteiger partial charge in [-0.2, -0.15) is 0 Å². The number of hydrogen-bond donors (Lipinski definition) is 1. The van der Waals surface area contributed by atoms with Crippen molar-refractivity contribution < 1.29 is 8.81 Å². The van der Waals surface area contributed by atoms with Gasteiger partial charge < -0.3 is 9.73 Å². The number of nitrogens with one attached hydrogen (secondary N) is 1. The first-order valence-corrected chi connectivity index (χ1v) is 11.9. The monoisotopic (exact) mass is 464 g/mol. The van der Waals surface area contributed by atoms with Gasteiger partial charge in [0.1, 0.15) is 11.4 Å². The molecule has 1 N–H and O–H groups in total. The number of pyridine rings is 1. The van der Waals surface area contributed by atoms with Crippen molar-refractivity contribution in [1.29, 1.82) is 0 Å². The van der Waals surface area contributed by atoms with Crippen LogP contribution in [0.5, 0.6) is 0 Å². The lowest BCUT2D eigenvalue weighted by Gasteiger charge is -2.31. The second-order valence-electron chi connectivity index (χ2n) is 9.18. The van der Waals surface area contributed by atoms with E-state index in [0.717, 1.165) is 54.1 Å². The van der Waals surface area contributed by atoms with Crippen molar-refractivity contribution in [3.63, 3.8) is 0 Å². The largest absolute Gasteiger partial charge is 0.423 e. The molecule has 1 saturated carbocycles. The van der Waals surface area contributed by atoms with Crippen LogP contribution in [0.2, 0.25) is 5.02 Å². The van der Waals surface area contributed by atoms with Crippen molar-refractivity contribution in [2.24, 2.45) is 5.92 Å². The molecule has 6 heteroatoms. The number of rotatable bonds is 5. The average molecular weight is 465 g/mol. The van der Waals surface area contributed by atoms with Crippen LogP contribution in [0.4, 0.5) is 10.1 Å². The van der Waals surface area contributed by atoms with Gasteiger partial charge in [-0.05, 0) is 92.8 Å². The van der Waals surface area contributed by atoms with Crippen LogP contribution >= 0.6 is 11.6 Å². The van der Waals surface area contributed by atoms with Crippen molar-refractivity contribution >= 4 is 39.2 Å². The molecule has 4 aromatic rings. The molecule has 2 heterocycles. The summed E-state index contributed by atoms with van der Waals surface area (Å²) in [4.78, 5) is 16.4. The number of anilines is 1. The molecular formula is C27H26ClFN2O2. The Morgan fingerprint density at radius 1 is 1.09 bits per heavy atom. The van der Waals surface area contributed by atoms with Crippen molar-refractivity contribution in [2.45, 2.75) is 51.0 Å². The van der Waals surface area contributed by atoms with E-state index in [1.165, 1.54) is 17.7 Å². The van der Waals surface area contributed by atoms with Crippen LogP contribution in [0.15, 0.2) is 63.9 Å². The number of hydrogen-bond acceptors (Lipinski definition) is 4. The molecule has 1 aliphatic rings. The molecule has 0 radical (unpaired) electrons. The van der Waals surface area contributed by atoms with Gasteiger partial charge in [0.25, 0.3) is 0 Å². The fourth-order valence-corrected chi connectivity index (χ4v) is 5.45. The van der Waals surface area contributed by atoms with Gasteiger partial charge in [0, 0.05) is 40.2 Å². The van der Waals surface area contributed by atoms with Crippen LogP contribution in [0.3, 0.4) is 0 Å². The zero-order valence-corrected chi connectivity index (χ0v) is 19.2. The highest BCUT2D eigenvalue weighted by atomic mass is 35.5. The Morgan fingerprint density at radius 2 is 1.91 bits per heavy atom. The Kier molecular flexibility index (Phi) is 6.07. The topological polar surface area (TPSA) is 55.1 Å². The predicted molar refractivity (Wildman–Crippen MR) is 132 cm³/mol. The Balaban J connectivity index is 1.25. The molecule has 33 heavy (non-hydrogen) atoms. The maximum Gasteiger partial charge on any atom is 0.338 e. The molecular weight excluding hydrogens is 439 g/mol. The number of halogens is 2. The summed E-state index contributed by atoms with van der Waals surface area (Å²) in [6.07, 6.45) is 7.29. The van der Waals surface area contributed by atoms with Crippen LogP contribution < -0.4 is 10.9 Å². The Hall–Kier alpha value is -2.92. The summed E-state index contributed by atoms with van der Waals surface area (Å²) in [6, 6.07) is 14.0. The Labute approximate surface area is 196 Å². The fraction of sp³-hybridized carbons (Fsp3) is 0.333. The minimum atomic E-state index is -0.388. The summed E-state index contributed by atoms with van der Waals surface area (Å²) in [6.45, 7) is 2.15. The number of nitrogens with zero attached hydrogens (tertiary/aromatic N) is 1. The smallest absolute Gasteiger partial charge is 0.338 e. The van der Waals surface area contributed by atoms with Gasteiger partial charge in [-0.25, -0.2) is 9.18 Å². The Morgan fingerprint density at radius 3 is 2.73 bits per heavy atom. The second kappa shape index (κ2) is 9.14. The van der Waals surface area contributed by atoms with E-state index in [-0.39, 0.29) is 17.5 Å². The highest BCUT2D eigenvalue weighted by molar-refractivity contribution is 6.31. The van der Waals surface area contributed by atoms with E-state index in [9.17, 15) is 9.18 Å². The molecule has 0 bridgehead atoms.